The number of benzene rings is 2. The fraction of sp³-hybridized carbons (Fsp3) is 0.500. The van der Waals surface area contributed by atoms with Crippen LogP contribution in [0.25, 0.3) is 10.8 Å². The summed E-state index contributed by atoms with van der Waals surface area (Å²) in [7, 11) is 0. The number of fused-ring (bicyclic) bond motifs is 1. The third-order valence-corrected chi connectivity index (χ3v) is 7.38. The zero-order chi connectivity index (χ0) is 19.3. The minimum atomic E-state index is -0.953. The molecule has 4 heteroatoms. The van der Waals surface area contributed by atoms with Gasteiger partial charge >= 0.3 is 5.97 Å². The average Bonchev–Trinajstić information content (AvgIpc) is 2.66. The lowest BCUT2D eigenvalue weighted by Crippen LogP contribution is -2.56. The van der Waals surface area contributed by atoms with E-state index in [0.717, 1.165) is 35.6 Å². The first-order valence-corrected chi connectivity index (χ1v) is 10.5. The van der Waals surface area contributed by atoms with Gasteiger partial charge in [-0.05, 0) is 72.6 Å². The van der Waals surface area contributed by atoms with E-state index >= 15 is 0 Å². The fourth-order valence-corrected chi connectivity index (χ4v) is 6.50. The standard InChI is InChI=1S/C24H27NO3/c26-22(27)21(11-15-5-6-19-3-1-2-4-20(19)10-15)25-23(28)24-12-16-7-17(13-24)9-18(8-16)14-24/h1-6,10,16-18,21H,7-9,11-14H2,(H,25,28)(H,26,27)/t16?,17?,18?,21-,24?/m1/s1. The normalized spacial score (nSPS) is 31.6. The molecule has 2 aromatic rings. The van der Waals surface area contributed by atoms with Crippen LogP contribution in [0.3, 0.4) is 0 Å². The van der Waals surface area contributed by atoms with Crippen molar-refractivity contribution in [3.8, 4) is 0 Å². The van der Waals surface area contributed by atoms with Crippen LogP contribution < -0.4 is 5.32 Å². The Morgan fingerprint density at radius 2 is 1.57 bits per heavy atom. The van der Waals surface area contributed by atoms with Crippen molar-refractivity contribution in [2.75, 3.05) is 0 Å². The third kappa shape index (κ3) is 3.09. The highest BCUT2D eigenvalue weighted by Gasteiger charge is 2.54. The van der Waals surface area contributed by atoms with Gasteiger partial charge in [0.2, 0.25) is 5.91 Å². The van der Waals surface area contributed by atoms with Crippen LogP contribution in [0.15, 0.2) is 42.5 Å². The highest BCUT2D eigenvalue weighted by molar-refractivity contribution is 5.88. The van der Waals surface area contributed by atoms with Gasteiger partial charge in [-0.15, -0.1) is 0 Å². The molecule has 2 aromatic carbocycles. The number of carboxylic acid groups (broad SMARTS) is 1. The van der Waals surface area contributed by atoms with E-state index in [1.165, 1.54) is 19.3 Å². The molecule has 6 rings (SSSR count). The van der Waals surface area contributed by atoms with Gasteiger partial charge in [0.25, 0.3) is 0 Å². The van der Waals surface area contributed by atoms with Gasteiger partial charge in [-0.2, -0.15) is 0 Å². The largest absolute Gasteiger partial charge is 0.480 e. The fourth-order valence-electron chi connectivity index (χ4n) is 6.50. The summed E-state index contributed by atoms with van der Waals surface area (Å²) in [6.45, 7) is 0. The van der Waals surface area contributed by atoms with Gasteiger partial charge in [-0.1, -0.05) is 42.5 Å². The lowest BCUT2D eigenvalue weighted by molar-refractivity contribution is -0.151. The first-order chi connectivity index (χ1) is 13.5. The second-order valence-electron chi connectivity index (χ2n) is 9.45. The summed E-state index contributed by atoms with van der Waals surface area (Å²) in [6.07, 6.45) is 6.98. The minimum Gasteiger partial charge on any atom is -0.480 e. The lowest BCUT2D eigenvalue weighted by Gasteiger charge is -2.55. The van der Waals surface area contributed by atoms with E-state index in [0.29, 0.717) is 24.2 Å². The number of carbonyl (C=O) groups is 2. The van der Waals surface area contributed by atoms with E-state index < -0.39 is 12.0 Å². The second kappa shape index (κ2) is 6.61. The Kier molecular flexibility index (Phi) is 4.18. The van der Waals surface area contributed by atoms with Crippen LogP contribution in [-0.4, -0.2) is 23.0 Å². The van der Waals surface area contributed by atoms with Crippen LogP contribution in [0.5, 0.6) is 0 Å². The van der Waals surface area contributed by atoms with Gasteiger partial charge in [-0.25, -0.2) is 4.79 Å². The highest BCUT2D eigenvalue weighted by Crippen LogP contribution is 2.60. The molecule has 146 valence electrons. The molecule has 4 nitrogen and oxygen atoms in total. The van der Waals surface area contributed by atoms with Crippen molar-refractivity contribution in [3.63, 3.8) is 0 Å². The third-order valence-electron chi connectivity index (χ3n) is 7.38. The maximum atomic E-state index is 13.2. The Bertz CT molecular complexity index is 899. The first kappa shape index (κ1) is 17.7. The smallest absolute Gasteiger partial charge is 0.326 e. The molecule has 2 N–H and O–H groups in total. The quantitative estimate of drug-likeness (QED) is 0.822. The molecule has 1 amide bonds. The van der Waals surface area contributed by atoms with Crippen LogP contribution >= 0.6 is 0 Å². The lowest BCUT2D eigenvalue weighted by atomic mass is 9.49. The topological polar surface area (TPSA) is 66.4 Å². The summed E-state index contributed by atoms with van der Waals surface area (Å²) in [5.41, 5.74) is 0.628. The molecule has 0 radical (unpaired) electrons. The van der Waals surface area contributed by atoms with E-state index in [1.807, 2.05) is 42.5 Å². The SMILES string of the molecule is O=C(O)[C@@H](Cc1ccc2ccccc2c1)NC(=O)C12CC3CC(CC(C3)C1)C2. The van der Waals surface area contributed by atoms with Crippen molar-refractivity contribution in [2.24, 2.45) is 23.2 Å². The zero-order valence-electron chi connectivity index (χ0n) is 16.1. The van der Waals surface area contributed by atoms with E-state index in [-0.39, 0.29) is 11.3 Å². The van der Waals surface area contributed by atoms with Crippen LogP contribution in [0.2, 0.25) is 0 Å². The molecule has 0 heterocycles. The molecule has 4 aliphatic carbocycles. The summed E-state index contributed by atoms with van der Waals surface area (Å²) >= 11 is 0. The van der Waals surface area contributed by atoms with Gasteiger partial charge in [0.1, 0.15) is 6.04 Å². The molecule has 0 spiro atoms. The molecule has 4 fully saturated rings. The van der Waals surface area contributed by atoms with Crippen molar-refractivity contribution in [2.45, 2.75) is 51.0 Å². The number of hydrogen-bond acceptors (Lipinski definition) is 2. The molecule has 1 atom stereocenters. The Morgan fingerprint density at radius 1 is 0.964 bits per heavy atom. The van der Waals surface area contributed by atoms with E-state index in [2.05, 4.69) is 5.32 Å². The summed E-state index contributed by atoms with van der Waals surface area (Å²) in [5.74, 6) is 1.04. The van der Waals surface area contributed by atoms with E-state index in [4.69, 9.17) is 0 Å². The number of hydrogen-bond donors (Lipinski definition) is 2. The van der Waals surface area contributed by atoms with Crippen molar-refractivity contribution >= 4 is 22.6 Å². The predicted molar refractivity (Wildman–Crippen MR) is 108 cm³/mol. The van der Waals surface area contributed by atoms with E-state index in [9.17, 15) is 14.7 Å². The van der Waals surface area contributed by atoms with Crippen molar-refractivity contribution in [3.05, 3.63) is 48.0 Å². The number of rotatable bonds is 5. The number of carboxylic acids is 1. The number of nitrogens with one attached hydrogen (secondary N) is 1. The maximum Gasteiger partial charge on any atom is 0.326 e. The van der Waals surface area contributed by atoms with Gasteiger partial charge in [-0.3, -0.25) is 4.79 Å². The predicted octanol–water partition coefficient (Wildman–Crippen LogP) is 4.17. The Labute approximate surface area is 165 Å². The van der Waals surface area contributed by atoms with Gasteiger partial charge in [0.15, 0.2) is 0 Å². The van der Waals surface area contributed by atoms with Crippen LogP contribution in [0.1, 0.15) is 44.1 Å². The van der Waals surface area contributed by atoms with Crippen molar-refractivity contribution in [1.29, 1.82) is 0 Å². The summed E-state index contributed by atoms with van der Waals surface area (Å²) in [4.78, 5) is 25.2. The molecule has 28 heavy (non-hydrogen) atoms. The molecule has 0 aromatic heterocycles. The maximum absolute atomic E-state index is 13.2. The van der Waals surface area contributed by atoms with Gasteiger partial charge in [0, 0.05) is 11.8 Å². The zero-order valence-corrected chi connectivity index (χ0v) is 16.1. The molecule has 0 aliphatic heterocycles. The average molecular weight is 377 g/mol. The van der Waals surface area contributed by atoms with Gasteiger partial charge in [0.05, 0.1) is 0 Å². The van der Waals surface area contributed by atoms with Gasteiger partial charge < -0.3 is 10.4 Å². The number of amides is 1. The summed E-state index contributed by atoms with van der Waals surface area (Å²) in [6, 6.07) is 13.2. The molecule has 0 unspecified atom stereocenters. The van der Waals surface area contributed by atoms with Crippen LogP contribution in [0, 0.1) is 23.2 Å². The molecular weight excluding hydrogens is 350 g/mol. The second-order valence-corrected chi connectivity index (χ2v) is 9.45. The van der Waals surface area contributed by atoms with E-state index in [1.54, 1.807) is 0 Å². The summed E-state index contributed by atoms with van der Waals surface area (Å²) < 4.78 is 0. The molecule has 4 bridgehead atoms. The Hall–Kier alpha value is -2.36. The van der Waals surface area contributed by atoms with Crippen molar-refractivity contribution < 1.29 is 14.7 Å². The van der Waals surface area contributed by atoms with Crippen LogP contribution in [0.4, 0.5) is 0 Å². The number of aliphatic carboxylic acids is 1. The first-order valence-electron chi connectivity index (χ1n) is 10.5. The highest BCUT2D eigenvalue weighted by atomic mass is 16.4. The molecule has 0 saturated heterocycles. The minimum absolute atomic E-state index is 0.0141. The molecule has 4 saturated carbocycles. The summed E-state index contributed by atoms with van der Waals surface area (Å²) in [5, 5.41) is 14.9. The Balaban J connectivity index is 1.34. The molecule has 4 aliphatic rings. The van der Waals surface area contributed by atoms with Crippen molar-refractivity contribution in [1.82, 2.24) is 5.32 Å². The van der Waals surface area contributed by atoms with Crippen LogP contribution in [-0.2, 0) is 16.0 Å². The Morgan fingerprint density at radius 3 is 2.18 bits per heavy atom. The monoisotopic (exact) mass is 377 g/mol. The molecular formula is C24H27NO3. The number of carbonyl (C=O) groups excluding carboxylic acids is 1.